The molecule has 0 N–H and O–H groups in total. The lowest BCUT2D eigenvalue weighted by Gasteiger charge is -2.15. The van der Waals surface area contributed by atoms with Crippen LogP contribution < -0.4 is 4.90 Å². The number of hydrogen-bond donors (Lipinski definition) is 0. The summed E-state index contributed by atoms with van der Waals surface area (Å²) in [4.78, 5) is 24.6. The molecular formula is C22H17N3OS. The smallest absolute Gasteiger partial charge is 0.268 e. The molecule has 0 atom stereocenters. The number of nitrogens with zero attached hydrogens (tertiary/aromatic N) is 3. The molecule has 0 unspecified atom stereocenters. The molecule has 4 rings (SSSR count). The number of amidine groups is 1. The van der Waals surface area contributed by atoms with Gasteiger partial charge in [0.15, 0.2) is 5.17 Å². The SMILES string of the molecule is Cc1cccc(/C=C2\SC(=Nc3ccccc3)N(c3ccccc3)C2=O)n1. The molecule has 27 heavy (non-hydrogen) atoms. The molecule has 0 aliphatic carbocycles. The Bertz CT molecular complexity index is 1030. The van der Waals surface area contributed by atoms with E-state index in [1.54, 1.807) is 4.90 Å². The van der Waals surface area contributed by atoms with Crippen molar-refractivity contribution in [2.45, 2.75) is 6.92 Å². The number of para-hydroxylation sites is 2. The first-order valence-electron chi connectivity index (χ1n) is 8.57. The summed E-state index contributed by atoms with van der Waals surface area (Å²) in [5.41, 5.74) is 3.28. The highest BCUT2D eigenvalue weighted by Crippen LogP contribution is 2.37. The van der Waals surface area contributed by atoms with Crippen LogP contribution in [0.2, 0.25) is 0 Å². The van der Waals surface area contributed by atoms with Crippen molar-refractivity contribution in [3.63, 3.8) is 0 Å². The van der Waals surface area contributed by atoms with Gasteiger partial charge in [0.05, 0.1) is 22.0 Å². The van der Waals surface area contributed by atoms with Crippen molar-refractivity contribution < 1.29 is 4.79 Å². The molecule has 0 spiro atoms. The number of hydrogen-bond acceptors (Lipinski definition) is 4. The summed E-state index contributed by atoms with van der Waals surface area (Å²) in [6, 6.07) is 25.0. The van der Waals surface area contributed by atoms with Crippen LogP contribution in [-0.4, -0.2) is 16.1 Å². The number of carbonyl (C=O) groups excluding carboxylic acids is 1. The average molecular weight is 371 g/mol. The molecule has 0 saturated carbocycles. The Morgan fingerprint density at radius 2 is 1.63 bits per heavy atom. The Hall–Kier alpha value is -3.18. The largest absolute Gasteiger partial charge is 0.271 e. The van der Waals surface area contributed by atoms with Gasteiger partial charge in [-0.05, 0) is 61.2 Å². The molecule has 1 saturated heterocycles. The topological polar surface area (TPSA) is 45.6 Å². The van der Waals surface area contributed by atoms with Gasteiger partial charge < -0.3 is 0 Å². The normalized spacial score (nSPS) is 17.1. The number of rotatable bonds is 3. The number of carbonyl (C=O) groups is 1. The summed E-state index contributed by atoms with van der Waals surface area (Å²) in [7, 11) is 0. The van der Waals surface area contributed by atoms with Gasteiger partial charge in [0.1, 0.15) is 0 Å². The molecule has 1 aliphatic rings. The van der Waals surface area contributed by atoms with Crippen LogP contribution in [0.15, 0.2) is 88.8 Å². The minimum absolute atomic E-state index is 0.0933. The maximum atomic E-state index is 13.1. The maximum Gasteiger partial charge on any atom is 0.271 e. The second-order valence-electron chi connectivity index (χ2n) is 6.02. The molecule has 5 heteroatoms. The Morgan fingerprint density at radius 1 is 0.926 bits per heavy atom. The van der Waals surface area contributed by atoms with Gasteiger partial charge in [-0.15, -0.1) is 0 Å². The van der Waals surface area contributed by atoms with E-state index in [1.165, 1.54) is 11.8 Å². The lowest BCUT2D eigenvalue weighted by Crippen LogP contribution is -2.28. The van der Waals surface area contributed by atoms with Gasteiger partial charge in [0.2, 0.25) is 0 Å². The highest BCUT2D eigenvalue weighted by Gasteiger charge is 2.34. The standard InChI is InChI=1S/C22H17N3OS/c1-16-9-8-12-18(23-16)15-20-21(26)25(19-13-6-3-7-14-19)22(27-20)24-17-10-4-2-5-11-17/h2-15H,1H3/b20-15-,24-22?. The molecule has 2 aromatic carbocycles. The quantitative estimate of drug-likeness (QED) is 0.595. The summed E-state index contributed by atoms with van der Waals surface area (Å²) < 4.78 is 0. The summed E-state index contributed by atoms with van der Waals surface area (Å²) in [5.74, 6) is -0.0933. The van der Waals surface area contributed by atoms with Gasteiger partial charge in [-0.3, -0.25) is 14.7 Å². The number of anilines is 1. The summed E-state index contributed by atoms with van der Waals surface area (Å²) in [6.45, 7) is 1.93. The number of benzene rings is 2. The number of thioether (sulfide) groups is 1. The third-order valence-corrected chi connectivity index (χ3v) is 4.96. The Balaban J connectivity index is 1.77. The molecule has 0 bridgehead atoms. The summed E-state index contributed by atoms with van der Waals surface area (Å²) in [5, 5.41) is 0.635. The van der Waals surface area contributed by atoms with E-state index in [-0.39, 0.29) is 5.91 Å². The summed E-state index contributed by atoms with van der Waals surface area (Å²) in [6.07, 6.45) is 1.82. The fourth-order valence-corrected chi connectivity index (χ4v) is 3.73. The van der Waals surface area contributed by atoms with Crippen LogP contribution in [0.4, 0.5) is 11.4 Å². The van der Waals surface area contributed by atoms with Crippen LogP contribution >= 0.6 is 11.8 Å². The van der Waals surface area contributed by atoms with E-state index in [9.17, 15) is 4.79 Å². The summed E-state index contributed by atoms with van der Waals surface area (Å²) >= 11 is 1.36. The zero-order valence-electron chi connectivity index (χ0n) is 14.7. The number of aryl methyl sites for hydroxylation is 1. The number of aliphatic imine (C=N–C) groups is 1. The lowest BCUT2D eigenvalue weighted by atomic mass is 10.2. The van der Waals surface area contributed by atoms with Gasteiger partial charge >= 0.3 is 0 Å². The van der Waals surface area contributed by atoms with Gasteiger partial charge in [0, 0.05) is 5.69 Å². The first-order valence-corrected chi connectivity index (χ1v) is 9.39. The van der Waals surface area contributed by atoms with E-state index in [0.717, 1.165) is 22.8 Å². The second-order valence-corrected chi connectivity index (χ2v) is 7.03. The highest BCUT2D eigenvalue weighted by molar-refractivity contribution is 8.19. The number of aromatic nitrogens is 1. The van der Waals surface area contributed by atoms with Crippen LogP contribution in [-0.2, 0) is 4.79 Å². The average Bonchev–Trinajstić information content (AvgIpc) is 2.98. The predicted octanol–water partition coefficient (Wildman–Crippen LogP) is 5.20. The van der Waals surface area contributed by atoms with Crippen molar-refractivity contribution in [3.8, 4) is 0 Å². The van der Waals surface area contributed by atoms with Crippen molar-refractivity contribution >= 4 is 40.3 Å². The molecule has 4 nitrogen and oxygen atoms in total. The lowest BCUT2D eigenvalue weighted by molar-refractivity contribution is -0.113. The molecule has 132 valence electrons. The van der Waals surface area contributed by atoms with E-state index in [4.69, 9.17) is 4.99 Å². The van der Waals surface area contributed by atoms with Crippen molar-refractivity contribution in [2.24, 2.45) is 4.99 Å². The minimum Gasteiger partial charge on any atom is -0.268 e. The Labute approximate surface area is 162 Å². The highest BCUT2D eigenvalue weighted by atomic mass is 32.2. The molecule has 1 amide bonds. The molecule has 2 heterocycles. The monoisotopic (exact) mass is 371 g/mol. The first kappa shape index (κ1) is 17.2. The van der Waals surface area contributed by atoms with Gasteiger partial charge in [-0.2, -0.15) is 0 Å². The second kappa shape index (κ2) is 7.60. The third-order valence-electron chi connectivity index (χ3n) is 3.99. The first-order chi connectivity index (χ1) is 13.2. The van der Waals surface area contributed by atoms with E-state index in [2.05, 4.69) is 4.98 Å². The molecule has 1 aromatic heterocycles. The molecule has 0 radical (unpaired) electrons. The third kappa shape index (κ3) is 3.83. The van der Waals surface area contributed by atoms with Gasteiger partial charge in [-0.1, -0.05) is 42.5 Å². The van der Waals surface area contributed by atoms with Crippen LogP contribution in [0.25, 0.3) is 6.08 Å². The molecular weight excluding hydrogens is 354 g/mol. The van der Waals surface area contributed by atoms with Crippen LogP contribution in [0.1, 0.15) is 11.4 Å². The number of amides is 1. The molecule has 3 aromatic rings. The molecule has 1 aliphatic heterocycles. The fraction of sp³-hybridized carbons (Fsp3) is 0.0455. The Morgan fingerprint density at radius 3 is 2.33 bits per heavy atom. The zero-order chi connectivity index (χ0) is 18.6. The van der Waals surface area contributed by atoms with Crippen molar-refractivity contribution in [1.29, 1.82) is 0 Å². The Kier molecular flexibility index (Phi) is 4.85. The number of pyridine rings is 1. The van der Waals surface area contributed by atoms with Crippen LogP contribution in [0, 0.1) is 6.92 Å². The zero-order valence-corrected chi connectivity index (χ0v) is 15.6. The maximum absolute atomic E-state index is 13.1. The van der Waals surface area contributed by atoms with E-state index >= 15 is 0 Å². The minimum atomic E-state index is -0.0933. The van der Waals surface area contributed by atoms with Crippen LogP contribution in [0.5, 0.6) is 0 Å². The predicted molar refractivity (Wildman–Crippen MR) is 112 cm³/mol. The van der Waals surface area contributed by atoms with Crippen molar-refractivity contribution in [3.05, 3.63) is 95.2 Å². The van der Waals surface area contributed by atoms with E-state index < -0.39 is 0 Å². The van der Waals surface area contributed by atoms with Gasteiger partial charge in [0.25, 0.3) is 5.91 Å². The fourth-order valence-electron chi connectivity index (χ4n) is 2.75. The van der Waals surface area contributed by atoms with Crippen molar-refractivity contribution in [2.75, 3.05) is 4.90 Å². The van der Waals surface area contributed by atoms with Crippen molar-refractivity contribution in [1.82, 2.24) is 4.98 Å². The molecule has 1 fully saturated rings. The van der Waals surface area contributed by atoms with E-state index in [0.29, 0.717) is 10.1 Å². The van der Waals surface area contributed by atoms with E-state index in [1.807, 2.05) is 91.9 Å². The van der Waals surface area contributed by atoms with Gasteiger partial charge in [-0.25, -0.2) is 4.99 Å². The van der Waals surface area contributed by atoms with Crippen LogP contribution in [0.3, 0.4) is 0 Å².